The van der Waals surface area contributed by atoms with Gasteiger partial charge in [-0.3, -0.25) is 0 Å². The second-order valence-electron chi connectivity index (χ2n) is 3.46. The molecule has 0 aliphatic rings. The predicted molar refractivity (Wildman–Crippen MR) is 59.6 cm³/mol. The van der Waals surface area contributed by atoms with Gasteiger partial charge in [0.25, 0.3) is 6.43 Å². The molecule has 0 fully saturated rings. The van der Waals surface area contributed by atoms with E-state index in [0.29, 0.717) is 6.54 Å². The summed E-state index contributed by atoms with van der Waals surface area (Å²) in [6, 6.07) is 1.85. The number of nitrogens with two attached hydrogens (primary N) is 1. The molecule has 15 heavy (non-hydrogen) atoms. The van der Waals surface area contributed by atoms with E-state index in [-0.39, 0.29) is 12.6 Å². The van der Waals surface area contributed by atoms with Gasteiger partial charge in [0, 0.05) is 22.3 Å². The molecule has 0 saturated heterocycles. The van der Waals surface area contributed by atoms with E-state index in [2.05, 4.69) is 5.32 Å². The van der Waals surface area contributed by atoms with E-state index in [4.69, 9.17) is 5.73 Å². The molecule has 0 aliphatic heterocycles. The smallest absolute Gasteiger partial charge is 0.250 e. The molecule has 0 radical (unpaired) electrons. The highest BCUT2D eigenvalue weighted by atomic mass is 32.1. The van der Waals surface area contributed by atoms with Crippen LogP contribution in [-0.4, -0.2) is 19.5 Å². The zero-order chi connectivity index (χ0) is 11.4. The van der Waals surface area contributed by atoms with Gasteiger partial charge in [-0.15, -0.1) is 11.3 Å². The van der Waals surface area contributed by atoms with Crippen LogP contribution in [0.3, 0.4) is 0 Å². The minimum atomic E-state index is -2.33. The molecular weight excluding hydrogens is 218 g/mol. The van der Waals surface area contributed by atoms with E-state index in [1.165, 1.54) is 4.88 Å². The molecule has 0 bridgehead atoms. The summed E-state index contributed by atoms with van der Waals surface area (Å²) < 4.78 is 24.1. The zero-order valence-corrected chi connectivity index (χ0v) is 9.70. The number of alkyl halides is 2. The van der Waals surface area contributed by atoms with Gasteiger partial charge < -0.3 is 11.1 Å². The lowest BCUT2D eigenvalue weighted by molar-refractivity contribution is 0.141. The van der Waals surface area contributed by atoms with E-state index in [0.717, 1.165) is 10.4 Å². The average Bonchev–Trinajstić information content (AvgIpc) is 2.46. The lowest BCUT2D eigenvalue weighted by atomic mass is 10.1. The summed E-state index contributed by atoms with van der Waals surface area (Å²) in [6.45, 7) is 4.02. The average molecular weight is 234 g/mol. The fourth-order valence-electron chi connectivity index (χ4n) is 1.55. The maximum atomic E-state index is 12.1. The summed E-state index contributed by atoms with van der Waals surface area (Å²) in [7, 11) is 0. The fourth-order valence-corrected chi connectivity index (χ4v) is 2.54. The van der Waals surface area contributed by atoms with Crippen LogP contribution in [0, 0.1) is 13.8 Å². The van der Waals surface area contributed by atoms with Crippen molar-refractivity contribution in [3.05, 3.63) is 21.4 Å². The second-order valence-corrected chi connectivity index (χ2v) is 4.92. The molecule has 0 amide bonds. The van der Waals surface area contributed by atoms with E-state index >= 15 is 0 Å². The maximum Gasteiger partial charge on any atom is 0.250 e. The van der Waals surface area contributed by atoms with Crippen LogP contribution in [0.15, 0.2) is 6.07 Å². The lowest BCUT2D eigenvalue weighted by Gasteiger charge is -2.16. The predicted octanol–water partition coefficient (Wildman–Crippen LogP) is 2.22. The van der Waals surface area contributed by atoms with Crippen LogP contribution in [0.2, 0.25) is 0 Å². The number of rotatable bonds is 5. The molecule has 86 valence electrons. The Morgan fingerprint density at radius 2 is 2.13 bits per heavy atom. The van der Waals surface area contributed by atoms with Crippen LogP contribution in [0.5, 0.6) is 0 Å². The highest BCUT2D eigenvalue weighted by Crippen LogP contribution is 2.25. The van der Waals surface area contributed by atoms with Crippen LogP contribution in [0.1, 0.15) is 21.4 Å². The second kappa shape index (κ2) is 5.53. The van der Waals surface area contributed by atoms with Gasteiger partial charge in [0.15, 0.2) is 0 Å². The SMILES string of the molecule is Cc1cc(C(CN)NCC(F)F)c(C)s1. The summed E-state index contributed by atoms with van der Waals surface area (Å²) in [4.78, 5) is 2.32. The molecule has 1 atom stereocenters. The highest BCUT2D eigenvalue weighted by Gasteiger charge is 2.15. The van der Waals surface area contributed by atoms with Crippen molar-refractivity contribution in [2.24, 2.45) is 5.73 Å². The van der Waals surface area contributed by atoms with Gasteiger partial charge in [0.05, 0.1) is 6.54 Å². The Balaban J connectivity index is 2.69. The molecule has 0 saturated carbocycles. The molecule has 3 N–H and O–H groups in total. The normalized spacial score (nSPS) is 13.5. The van der Waals surface area contributed by atoms with Crippen molar-refractivity contribution in [3.8, 4) is 0 Å². The first-order valence-corrected chi connectivity index (χ1v) is 5.64. The molecule has 1 heterocycles. The fraction of sp³-hybridized carbons (Fsp3) is 0.600. The molecule has 0 spiro atoms. The summed E-state index contributed by atoms with van der Waals surface area (Å²) in [5, 5.41) is 2.77. The first-order chi connectivity index (χ1) is 7.04. The zero-order valence-electron chi connectivity index (χ0n) is 8.89. The van der Waals surface area contributed by atoms with Crippen LogP contribution in [-0.2, 0) is 0 Å². The Hall–Kier alpha value is -0.520. The molecule has 0 aromatic carbocycles. The Kier molecular flexibility index (Phi) is 4.63. The summed E-state index contributed by atoms with van der Waals surface area (Å²) >= 11 is 1.66. The topological polar surface area (TPSA) is 38.0 Å². The quantitative estimate of drug-likeness (QED) is 0.820. The minimum absolute atomic E-state index is 0.163. The molecule has 1 unspecified atom stereocenters. The Morgan fingerprint density at radius 1 is 1.47 bits per heavy atom. The Morgan fingerprint density at radius 3 is 2.53 bits per heavy atom. The van der Waals surface area contributed by atoms with E-state index < -0.39 is 6.43 Å². The number of thiophene rings is 1. The Labute approximate surface area is 92.5 Å². The van der Waals surface area contributed by atoms with Gasteiger partial charge in [0.2, 0.25) is 0 Å². The number of hydrogen-bond acceptors (Lipinski definition) is 3. The number of nitrogens with one attached hydrogen (secondary N) is 1. The molecule has 1 aromatic rings. The third-order valence-electron chi connectivity index (χ3n) is 2.21. The van der Waals surface area contributed by atoms with Crippen molar-refractivity contribution >= 4 is 11.3 Å². The van der Waals surface area contributed by atoms with Crippen LogP contribution in [0.4, 0.5) is 8.78 Å². The maximum absolute atomic E-state index is 12.1. The lowest BCUT2D eigenvalue weighted by Crippen LogP contribution is -2.31. The van der Waals surface area contributed by atoms with E-state index in [1.54, 1.807) is 11.3 Å². The van der Waals surface area contributed by atoms with Gasteiger partial charge in [-0.25, -0.2) is 8.78 Å². The monoisotopic (exact) mass is 234 g/mol. The third-order valence-corrected chi connectivity index (χ3v) is 3.19. The van der Waals surface area contributed by atoms with Crippen molar-refractivity contribution in [3.63, 3.8) is 0 Å². The standard InChI is InChI=1S/C10H16F2N2S/c1-6-3-8(7(2)15-6)9(4-13)14-5-10(11)12/h3,9-10,14H,4-5,13H2,1-2H3. The summed E-state index contributed by atoms with van der Waals surface area (Å²) in [5.41, 5.74) is 6.61. The van der Waals surface area contributed by atoms with Gasteiger partial charge in [-0.1, -0.05) is 0 Å². The van der Waals surface area contributed by atoms with Gasteiger partial charge in [0.1, 0.15) is 0 Å². The minimum Gasteiger partial charge on any atom is -0.329 e. The van der Waals surface area contributed by atoms with Crippen LogP contribution < -0.4 is 11.1 Å². The number of halogens is 2. The van der Waals surface area contributed by atoms with Gasteiger partial charge in [-0.2, -0.15) is 0 Å². The molecule has 2 nitrogen and oxygen atoms in total. The first-order valence-electron chi connectivity index (χ1n) is 4.83. The third kappa shape index (κ3) is 3.52. The molecule has 1 rings (SSSR count). The van der Waals surface area contributed by atoms with Crippen molar-refractivity contribution in [1.29, 1.82) is 0 Å². The Bertz CT molecular complexity index is 312. The van der Waals surface area contributed by atoms with Gasteiger partial charge in [-0.05, 0) is 25.5 Å². The van der Waals surface area contributed by atoms with Crippen molar-refractivity contribution < 1.29 is 8.78 Å². The van der Waals surface area contributed by atoms with Crippen molar-refractivity contribution in [1.82, 2.24) is 5.32 Å². The van der Waals surface area contributed by atoms with Crippen molar-refractivity contribution in [2.75, 3.05) is 13.1 Å². The van der Waals surface area contributed by atoms with Gasteiger partial charge >= 0.3 is 0 Å². The molecule has 0 aliphatic carbocycles. The molecule has 5 heteroatoms. The molecule has 1 aromatic heterocycles. The highest BCUT2D eigenvalue weighted by molar-refractivity contribution is 7.12. The number of aryl methyl sites for hydroxylation is 2. The van der Waals surface area contributed by atoms with Crippen molar-refractivity contribution in [2.45, 2.75) is 26.3 Å². The van der Waals surface area contributed by atoms with Crippen LogP contribution in [0.25, 0.3) is 0 Å². The first kappa shape index (κ1) is 12.5. The van der Waals surface area contributed by atoms with Crippen LogP contribution >= 0.6 is 11.3 Å². The number of hydrogen-bond donors (Lipinski definition) is 2. The summed E-state index contributed by atoms with van der Waals surface area (Å²) in [6.07, 6.45) is -2.33. The van der Waals surface area contributed by atoms with E-state index in [1.807, 2.05) is 19.9 Å². The molecular formula is C10H16F2N2S. The summed E-state index contributed by atoms with van der Waals surface area (Å²) in [5.74, 6) is 0. The largest absolute Gasteiger partial charge is 0.329 e. The van der Waals surface area contributed by atoms with E-state index in [9.17, 15) is 8.78 Å².